The molecule has 1 heterocycles. The van der Waals surface area contributed by atoms with E-state index in [2.05, 4.69) is 26.1 Å². The standard InChI is InChI=1S/C16H24N2O2/c1-16(2,3)14-11-18(10-9-17-14)15(19)20-12-13-7-5-4-6-8-13/h4-8,14,17H,9-12H2,1-3H3/t14-/m1/s1. The van der Waals surface area contributed by atoms with E-state index in [1.807, 2.05) is 30.3 Å². The molecule has 4 heteroatoms. The van der Waals surface area contributed by atoms with Crippen molar-refractivity contribution < 1.29 is 9.53 Å². The fourth-order valence-electron chi connectivity index (χ4n) is 2.31. The van der Waals surface area contributed by atoms with Crippen LogP contribution in [0.4, 0.5) is 4.79 Å². The summed E-state index contributed by atoms with van der Waals surface area (Å²) in [7, 11) is 0. The Kier molecular flexibility index (Phi) is 4.65. The first-order valence-corrected chi connectivity index (χ1v) is 7.16. The lowest BCUT2D eigenvalue weighted by Gasteiger charge is -2.39. The fraction of sp³-hybridized carbons (Fsp3) is 0.562. The van der Waals surface area contributed by atoms with E-state index in [0.717, 1.165) is 12.1 Å². The van der Waals surface area contributed by atoms with Crippen molar-refractivity contribution in [3.63, 3.8) is 0 Å². The number of rotatable bonds is 2. The second kappa shape index (κ2) is 6.27. The average molecular weight is 276 g/mol. The number of amides is 1. The van der Waals surface area contributed by atoms with Crippen LogP contribution in [0.5, 0.6) is 0 Å². The van der Waals surface area contributed by atoms with Crippen LogP contribution in [-0.2, 0) is 11.3 Å². The molecule has 4 nitrogen and oxygen atoms in total. The van der Waals surface area contributed by atoms with E-state index in [-0.39, 0.29) is 11.5 Å². The molecule has 20 heavy (non-hydrogen) atoms. The third-order valence-electron chi connectivity index (χ3n) is 3.68. The van der Waals surface area contributed by atoms with Crippen molar-refractivity contribution in [3.8, 4) is 0 Å². The van der Waals surface area contributed by atoms with E-state index < -0.39 is 0 Å². The molecular formula is C16H24N2O2. The molecule has 1 aromatic carbocycles. The molecule has 0 radical (unpaired) electrons. The van der Waals surface area contributed by atoms with Crippen LogP contribution >= 0.6 is 0 Å². The first kappa shape index (κ1) is 14.9. The summed E-state index contributed by atoms with van der Waals surface area (Å²) in [6.45, 7) is 9.12. The molecule has 0 aliphatic carbocycles. The Morgan fingerprint density at radius 3 is 2.70 bits per heavy atom. The molecule has 1 saturated heterocycles. The zero-order valence-corrected chi connectivity index (χ0v) is 12.6. The van der Waals surface area contributed by atoms with Gasteiger partial charge in [-0.3, -0.25) is 0 Å². The minimum absolute atomic E-state index is 0.137. The average Bonchev–Trinajstić information content (AvgIpc) is 2.45. The number of carbonyl (C=O) groups excluding carboxylic acids is 1. The van der Waals surface area contributed by atoms with Gasteiger partial charge in [0.1, 0.15) is 6.61 Å². The van der Waals surface area contributed by atoms with Gasteiger partial charge in [0.05, 0.1) is 0 Å². The van der Waals surface area contributed by atoms with Crippen molar-refractivity contribution in [2.45, 2.75) is 33.4 Å². The highest BCUT2D eigenvalue weighted by Gasteiger charge is 2.31. The first-order chi connectivity index (χ1) is 9.47. The number of ether oxygens (including phenoxy) is 1. The Morgan fingerprint density at radius 2 is 2.05 bits per heavy atom. The van der Waals surface area contributed by atoms with Gasteiger partial charge >= 0.3 is 6.09 Å². The van der Waals surface area contributed by atoms with Crippen LogP contribution in [-0.4, -0.2) is 36.7 Å². The number of hydrogen-bond acceptors (Lipinski definition) is 3. The second-order valence-corrected chi connectivity index (χ2v) is 6.36. The molecule has 0 saturated carbocycles. The van der Waals surface area contributed by atoms with Crippen molar-refractivity contribution in [3.05, 3.63) is 35.9 Å². The summed E-state index contributed by atoms with van der Waals surface area (Å²) in [6, 6.07) is 10.1. The Balaban J connectivity index is 1.86. The normalized spacial score (nSPS) is 19.8. The van der Waals surface area contributed by atoms with Crippen LogP contribution in [0.2, 0.25) is 0 Å². The summed E-state index contributed by atoms with van der Waals surface area (Å²) in [5, 5.41) is 3.47. The van der Waals surface area contributed by atoms with Crippen molar-refractivity contribution in [1.29, 1.82) is 0 Å². The van der Waals surface area contributed by atoms with Gasteiger partial charge in [-0.1, -0.05) is 51.1 Å². The van der Waals surface area contributed by atoms with Crippen molar-refractivity contribution in [1.82, 2.24) is 10.2 Å². The summed E-state index contributed by atoms with van der Waals surface area (Å²) in [5.41, 5.74) is 1.15. The molecule has 0 aromatic heterocycles. The lowest BCUT2D eigenvalue weighted by atomic mass is 9.85. The van der Waals surface area contributed by atoms with Crippen LogP contribution in [0.25, 0.3) is 0 Å². The molecule has 1 aromatic rings. The zero-order valence-electron chi connectivity index (χ0n) is 12.6. The summed E-state index contributed by atoms with van der Waals surface area (Å²) in [4.78, 5) is 13.9. The predicted molar refractivity (Wildman–Crippen MR) is 79.4 cm³/mol. The third kappa shape index (κ3) is 3.97. The predicted octanol–water partition coefficient (Wildman–Crippen LogP) is 2.64. The summed E-state index contributed by atoms with van der Waals surface area (Å²) >= 11 is 0. The van der Waals surface area contributed by atoms with E-state index in [9.17, 15) is 4.79 Å². The highest BCUT2D eigenvalue weighted by molar-refractivity contribution is 5.67. The van der Waals surface area contributed by atoms with E-state index >= 15 is 0 Å². The molecule has 1 N–H and O–H groups in total. The van der Waals surface area contributed by atoms with Crippen LogP contribution in [0.3, 0.4) is 0 Å². The Hall–Kier alpha value is -1.55. The van der Waals surface area contributed by atoms with Crippen LogP contribution in [0.15, 0.2) is 30.3 Å². The molecule has 1 atom stereocenters. The molecular weight excluding hydrogens is 252 g/mol. The van der Waals surface area contributed by atoms with Crippen molar-refractivity contribution in [2.75, 3.05) is 19.6 Å². The lowest BCUT2D eigenvalue weighted by molar-refractivity contribution is 0.0724. The number of carbonyl (C=O) groups is 1. The molecule has 0 bridgehead atoms. The molecule has 0 unspecified atom stereocenters. The van der Waals surface area contributed by atoms with Gasteiger partial charge in [-0.05, 0) is 11.0 Å². The molecule has 1 fully saturated rings. The maximum atomic E-state index is 12.1. The van der Waals surface area contributed by atoms with Crippen molar-refractivity contribution >= 4 is 6.09 Å². The van der Waals surface area contributed by atoms with Crippen LogP contribution < -0.4 is 5.32 Å². The van der Waals surface area contributed by atoms with E-state index in [4.69, 9.17) is 4.74 Å². The third-order valence-corrected chi connectivity index (χ3v) is 3.68. The molecule has 1 amide bonds. The largest absolute Gasteiger partial charge is 0.445 e. The smallest absolute Gasteiger partial charge is 0.410 e. The highest BCUT2D eigenvalue weighted by atomic mass is 16.6. The van der Waals surface area contributed by atoms with Gasteiger partial charge in [-0.15, -0.1) is 0 Å². The minimum Gasteiger partial charge on any atom is -0.445 e. The van der Waals surface area contributed by atoms with Gasteiger partial charge < -0.3 is 15.0 Å². The van der Waals surface area contributed by atoms with Gasteiger partial charge in [-0.25, -0.2) is 4.79 Å². The lowest BCUT2D eigenvalue weighted by Crippen LogP contribution is -2.57. The monoisotopic (exact) mass is 276 g/mol. The number of nitrogens with zero attached hydrogens (tertiary/aromatic N) is 1. The Bertz CT molecular complexity index is 440. The maximum Gasteiger partial charge on any atom is 0.410 e. The molecule has 2 rings (SSSR count). The van der Waals surface area contributed by atoms with Gasteiger partial charge in [0.15, 0.2) is 0 Å². The van der Waals surface area contributed by atoms with Crippen LogP contribution in [0.1, 0.15) is 26.3 Å². The molecule has 1 aliphatic heterocycles. The van der Waals surface area contributed by atoms with E-state index in [1.165, 1.54) is 0 Å². The maximum absolute atomic E-state index is 12.1. The Morgan fingerprint density at radius 1 is 1.35 bits per heavy atom. The van der Waals surface area contributed by atoms with Crippen LogP contribution in [0, 0.1) is 5.41 Å². The van der Waals surface area contributed by atoms with Gasteiger partial charge in [0, 0.05) is 25.7 Å². The van der Waals surface area contributed by atoms with E-state index in [0.29, 0.717) is 25.7 Å². The number of nitrogens with one attached hydrogen (secondary N) is 1. The first-order valence-electron chi connectivity index (χ1n) is 7.16. The van der Waals surface area contributed by atoms with Crippen molar-refractivity contribution in [2.24, 2.45) is 5.41 Å². The van der Waals surface area contributed by atoms with Gasteiger partial charge in [-0.2, -0.15) is 0 Å². The summed E-state index contributed by atoms with van der Waals surface area (Å²) < 4.78 is 5.39. The number of benzene rings is 1. The zero-order chi connectivity index (χ0) is 14.6. The summed E-state index contributed by atoms with van der Waals surface area (Å²) in [5.74, 6) is 0. The molecule has 0 spiro atoms. The number of hydrogen-bond donors (Lipinski definition) is 1. The highest BCUT2D eigenvalue weighted by Crippen LogP contribution is 2.22. The fourth-order valence-corrected chi connectivity index (χ4v) is 2.31. The quantitative estimate of drug-likeness (QED) is 0.903. The molecule has 1 aliphatic rings. The second-order valence-electron chi connectivity index (χ2n) is 6.36. The SMILES string of the molecule is CC(C)(C)[C@H]1CN(C(=O)OCc2ccccc2)CCN1. The topological polar surface area (TPSA) is 41.6 Å². The Labute approximate surface area is 121 Å². The molecule has 110 valence electrons. The number of piperazine rings is 1. The van der Waals surface area contributed by atoms with E-state index in [1.54, 1.807) is 4.90 Å². The minimum atomic E-state index is -0.218. The van der Waals surface area contributed by atoms with Gasteiger partial charge in [0.25, 0.3) is 0 Å². The van der Waals surface area contributed by atoms with Gasteiger partial charge in [0.2, 0.25) is 0 Å². The summed E-state index contributed by atoms with van der Waals surface area (Å²) in [6.07, 6.45) is -0.218.